The Labute approximate surface area is 109 Å². The van der Waals surface area contributed by atoms with Crippen molar-refractivity contribution in [1.29, 1.82) is 0 Å². The van der Waals surface area contributed by atoms with Crippen LogP contribution in [-0.2, 0) is 16.6 Å². The maximum atomic E-state index is 12.5. The molecule has 0 spiro atoms. The van der Waals surface area contributed by atoms with Gasteiger partial charge in [0, 0.05) is 25.3 Å². The molecule has 18 heavy (non-hydrogen) atoms. The molecule has 0 aromatic carbocycles. The molecule has 0 bridgehead atoms. The topological polar surface area (TPSA) is 55.2 Å². The molecule has 1 atom stereocenters. The molecule has 1 aromatic rings. The quantitative estimate of drug-likeness (QED) is 0.840. The van der Waals surface area contributed by atoms with Gasteiger partial charge in [0.2, 0.25) is 10.0 Å². The van der Waals surface area contributed by atoms with Crippen LogP contribution in [0.5, 0.6) is 0 Å². The molecule has 0 saturated carbocycles. The number of aryl methyl sites for hydroxylation is 1. The van der Waals surface area contributed by atoms with Crippen molar-refractivity contribution in [3.05, 3.63) is 12.4 Å². The largest absolute Gasteiger partial charge is 0.271 e. The van der Waals surface area contributed by atoms with Crippen molar-refractivity contribution in [2.75, 3.05) is 6.54 Å². The number of sulfonamides is 1. The van der Waals surface area contributed by atoms with E-state index in [-0.39, 0.29) is 6.04 Å². The van der Waals surface area contributed by atoms with Crippen molar-refractivity contribution < 1.29 is 8.42 Å². The Balaban J connectivity index is 2.23. The molecule has 2 rings (SSSR count). The van der Waals surface area contributed by atoms with Gasteiger partial charge in [0.05, 0.1) is 6.20 Å². The molecule has 1 saturated heterocycles. The molecule has 6 heteroatoms. The lowest BCUT2D eigenvalue weighted by Gasteiger charge is -2.31. The van der Waals surface area contributed by atoms with Crippen molar-refractivity contribution in [3.8, 4) is 0 Å². The van der Waals surface area contributed by atoms with Crippen LogP contribution in [0.25, 0.3) is 0 Å². The van der Waals surface area contributed by atoms with Gasteiger partial charge in [-0.15, -0.1) is 0 Å². The van der Waals surface area contributed by atoms with Gasteiger partial charge in [0.25, 0.3) is 0 Å². The maximum absolute atomic E-state index is 12.5. The van der Waals surface area contributed by atoms with Gasteiger partial charge in [-0.1, -0.05) is 13.3 Å². The second-order valence-electron chi connectivity index (χ2n) is 4.90. The average Bonchev–Trinajstić information content (AvgIpc) is 2.79. The highest BCUT2D eigenvalue weighted by Gasteiger charge is 2.31. The molecule has 1 fully saturated rings. The van der Waals surface area contributed by atoms with E-state index in [1.54, 1.807) is 15.2 Å². The van der Waals surface area contributed by atoms with Crippen molar-refractivity contribution in [2.45, 2.75) is 57.0 Å². The maximum Gasteiger partial charge on any atom is 0.246 e. The molecule has 1 aliphatic heterocycles. The third kappa shape index (κ3) is 2.59. The molecule has 0 radical (unpaired) electrons. The molecule has 1 aromatic heterocycles. The van der Waals surface area contributed by atoms with Crippen molar-refractivity contribution in [3.63, 3.8) is 0 Å². The lowest BCUT2D eigenvalue weighted by molar-refractivity contribution is 0.268. The number of rotatable bonds is 4. The van der Waals surface area contributed by atoms with E-state index >= 15 is 0 Å². The summed E-state index contributed by atoms with van der Waals surface area (Å²) in [6, 6.07) is 0.0956. The Morgan fingerprint density at radius 1 is 1.44 bits per heavy atom. The number of hydrogen-bond donors (Lipinski definition) is 0. The summed E-state index contributed by atoms with van der Waals surface area (Å²) in [7, 11) is -3.36. The Morgan fingerprint density at radius 2 is 2.22 bits per heavy atom. The summed E-state index contributed by atoms with van der Waals surface area (Å²) in [6.07, 6.45) is 7.06. The van der Waals surface area contributed by atoms with Crippen LogP contribution in [0.2, 0.25) is 0 Å². The summed E-state index contributed by atoms with van der Waals surface area (Å²) >= 11 is 0. The predicted molar refractivity (Wildman–Crippen MR) is 69.7 cm³/mol. The molecule has 5 nitrogen and oxygen atoms in total. The smallest absolute Gasteiger partial charge is 0.246 e. The van der Waals surface area contributed by atoms with Gasteiger partial charge in [0.1, 0.15) is 4.90 Å². The highest BCUT2D eigenvalue weighted by atomic mass is 32.2. The van der Waals surface area contributed by atoms with Crippen LogP contribution >= 0.6 is 0 Å². The van der Waals surface area contributed by atoms with Crippen LogP contribution in [0, 0.1) is 0 Å². The van der Waals surface area contributed by atoms with Crippen molar-refractivity contribution in [2.24, 2.45) is 0 Å². The molecule has 102 valence electrons. The van der Waals surface area contributed by atoms with E-state index in [1.807, 2.05) is 13.8 Å². The van der Waals surface area contributed by atoms with Gasteiger partial charge in [0.15, 0.2) is 0 Å². The van der Waals surface area contributed by atoms with Crippen LogP contribution in [0.1, 0.15) is 39.5 Å². The molecule has 2 heterocycles. The van der Waals surface area contributed by atoms with E-state index in [0.717, 1.165) is 32.2 Å². The van der Waals surface area contributed by atoms with Crippen LogP contribution in [0.15, 0.2) is 17.3 Å². The van der Waals surface area contributed by atoms with Gasteiger partial charge >= 0.3 is 0 Å². The zero-order chi connectivity index (χ0) is 13.2. The first kappa shape index (κ1) is 13.5. The minimum Gasteiger partial charge on any atom is -0.271 e. The minimum absolute atomic E-state index is 0.0956. The summed E-state index contributed by atoms with van der Waals surface area (Å²) in [5.74, 6) is 0. The van der Waals surface area contributed by atoms with Gasteiger partial charge in [-0.05, 0) is 26.2 Å². The fraction of sp³-hybridized carbons (Fsp3) is 0.750. The van der Waals surface area contributed by atoms with Gasteiger partial charge in [-0.2, -0.15) is 9.40 Å². The van der Waals surface area contributed by atoms with E-state index < -0.39 is 10.0 Å². The molecular formula is C12H21N3O2S. The standard InChI is InChI=1S/C12H21N3O2S/c1-3-7-14-10-12(9-13-14)18(16,17)15-8-5-4-6-11(15)2/h9-11H,3-8H2,1-2H3. The van der Waals surface area contributed by atoms with Gasteiger partial charge in [-0.3, -0.25) is 4.68 Å². The van der Waals surface area contributed by atoms with Crippen LogP contribution in [-0.4, -0.2) is 35.1 Å². The molecular weight excluding hydrogens is 250 g/mol. The molecule has 0 amide bonds. The van der Waals surface area contributed by atoms with E-state index in [4.69, 9.17) is 0 Å². The highest BCUT2D eigenvalue weighted by Crippen LogP contribution is 2.24. The van der Waals surface area contributed by atoms with Gasteiger partial charge < -0.3 is 0 Å². The number of aromatic nitrogens is 2. The Morgan fingerprint density at radius 3 is 2.89 bits per heavy atom. The number of nitrogens with zero attached hydrogens (tertiary/aromatic N) is 3. The van der Waals surface area contributed by atoms with E-state index in [1.165, 1.54) is 6.20 Å². The van der Waals surface area contributed by atoms with E-state index in [2.05, 4.69) is 5.10 Å². The predicted octanol–water partition coefficient (Wildman–Crippen LogP) is 1.86. The molecule has 1 unspecified atom stereocenters. The monoisotopic (exact) mass is 271 g/mol. The first-order valence-corrected chi connectivity index (χ1v) is 8.04. The fourth-order valence-corrected chi connectivity index (χ4v) is 4.05. The second kappa shape index (κ2) is 5.40. The lowest BCUT2D eigenvalue weighted by atomic mass is 10.1. The Bertz CT molecular complexity index is 495. The van der Waals surface area contributed by atoms with Crippen molar-refractivity contribution in [1.82, 2.24) is 14.1 Å². The summed E-state index contributed by atoms with van der Waals surface area (Å²) in [5.41, 5.74) is 0. The number of hydrogen-bond acceptors (Lipinski definition) is 3. The summed E-state index contributed by atoms with van der Waals surface area (Å²) in [4.78, 5) is 0.324. The summed E-state index contributed by atoms with van der Waals surface area (Å²) in [5, 5.41) is 4.10. The summed E-state index contributed by atoms with van der Waals surface area (Å²) < 4.78 is 28.3. The molecule has 0 N–H and O–H groups in total. The van der Waals surface area contributed by atoms with Crippen molar-refractivity contribution >= 4 is 10.0 Å². The third-order valence-corrected chi connectivity index (χ3v) is 5.38. The second-order valence-corrected chi connectivity index (χ2v) is 6.79. The number of piperidine rings is 1. The summed E-state index contributed by atoms with van der Waals surface area (Å²) in [6.45, 7) is 5.41. The Kier molecular flexibility index (Phi) is 4.07. The molecule has 0 aliphatic carbocycles. The SMILES string of the molecule is CCCn1cc(S(=O)(=O)N2CCCCC2C)cn1. The first-order chi connectivity index (χ1) is 8.55. The highest BCUT2D eigenvalue weighted by molar-refractivity contribution is 7.89. The normalized spacial score (nSPS) is 22.2. The van der Waals surface area contributed by atoms with E-state index in [0.29, 0.717) is 11.4 Å². The lowest BCUT2D eigenvalue weighted by Crippen LogP contribution is -2.41. The van der Waals surface area contributed by atoms with E-state index in [9.17, 15) is 8.42 Å². The fourth-order valence-electron chi connectivity index (χ4n) is 2.39. The zero-order valence-electron chi connectivity index (χ0n) is 11.0. The van der Waals surface area contributed by atoms with Gasteiger partial charge in [-0.25, -0.2) is 8.42 Å². The minimum atomic E-state index is -3.36. The van der Waals surface area contributed by atoms with Crippen LogP contribution in [0.3, 0.4) is 0 Å². The van der Waals surface area contributed by atoms with Crippen LogP contribution in [0.4, 0.5) is 0 Å². The van der Waals surface area contributed by atoms with Crippen LogP contribution < -0.4 is 0 Å². The zero-order valence-corrected chi connectivity index (χ0v) is 11.9. The first-order valence-electron chi connectivity index (χ1n) is 6.60. The average molecular weight is 271 g/mol. The Hall–Kier alpha value is -0.880. The third-order valence-electron chi connectivity index (χ3n) is 3.41. The molecule has 1 aliphatic rings.